The minimum atomic E-state index is -0.789. The highest BCUT2D eigenvalue weighted by Gasteiger charge is 2.31. The molecule has 1 aromatic carbocycles. The number of phenols is 1. The summed E-state index contributed by atoms with van der Waals surface area (Å²) in [5.41, 5.74) is 0.713. The third-order valence-electron chi connectivity index (χ3n) is 3.16. The molecule has 0 radical (unpaired) electrons. The second-order valence-corrected chi connectivity index (χ2v) is 5.54. The summed E-state index contributed by atoms with van der Waals surface area (Å²) in [5.74, 6) is 1.05. The SMILES string of the molecule is O=C(O)C(c1cccc(O)c1)C1CCCSC1. The Morgan fingerprint density at radius 2 is 2.29 bits per heavy atom. The average molecular weight is 252 g/mol. The molecule has 1 heterocycles. The van der Waals surface area contributed by atoms with E-state index in [9.17, 15) is 15.0 Å². The summed E-state index contributed by atoms with van der Waals surface area (Å²) < 4.78 is 0. The maximum absolute atomic E-state index is 11.4. The second-order valence-electron chi connectivity index (χ2n) is 4.39. The van der Waals surface area contributed by atoms with E-state index >= 15 is 0 Å². The lowest BCUT2D eigenvalue weighted by Gasteiger charge is -2.27. The largest absolute Gasteiger partial charge is 0.508 e. The molecule has 3 nitrogen and oxygen atoms in total. The van der Waals surface area contributed by atoms with E-state index in [-0.39, 0.29) is 11.7 Å². The van der Waals surface area contributed by atoms with Crippen LogP contribution in [-0.4, -0.2) is 27.7 Å². The first-order valence-electron chi connectivity index (χ1n) is 5.78. The monoisotopic (exact) mass is 252 g/mol. The van der Waals surface area contributed by atoms with Crippen molar-refractivity contribution in [3.05, 3.63) is 29.8 Å². The van der Waals surface area contributed by atoms with Crippen LogP contribution < -0.4 is 0 Å². The first-order valence-corrected chi connectivity index (χ1v) is 6.93. The van der Waals surface area contributed by atoms with Gasteiger partial charge in [0, 0.05) is 0 Å². The number of carbonyl (C=O) groups is 1. The molecular formula is C13H16O3S. The molecule has 2 rings (SSSR count). The number of hydrogen-bond donors (Lipinski definition) is 2. The van der Waals surface area contributed by atoms with E-state index in [1.165, 1.54) is 0 Å². The van der Waals surface area contributed by atoms with Crippen LogP contribution in [-0.2, 0) is 4.79 Å². The van der Waals surface area contributed by atoms with Gasteiger partial charge in [-0.05, 0) is 48.0 Å². The van der Waals surface area contributed by atoms with Crippen LogP contribution in [0.1, 0.15) is 24.3 Å². The van der Waals surface area contributed by atoms with Crippen molar-refractivity contribution in [3.8, 4) is 5.75 Å². The predicted octanol–water partition coefficient (Wildman–Crippen LogP) is 2.70. The summed E-state index contributed by atoms with van der Waals surface area (Å²) in [7, 11) is 0. The molecule has 0 bridgehead atoms. The Kier molecular flexibility index (Phi) is 3.94. The van der Waals surface area contributed by atoms with Crippen molar-refractivity contribution in [2.24, 2.45) is 5.92 Å². The second kappa shape index (κ2) is 5.45. The zero-order chi connectivity index (χ0) is 12.3. The smallest absolute Gasteiger partial charge is 0.311 e. The molecule has 92 valence electrons. The number of thioether (sulfide) groups is 1. The van der Waals surface area contributed by atoms with Gasteiger partial charge in [-0.1, -0.05) is 12.1 Å². The number of aromatic hydroxyl groups is 1. The zero-order valence-corrected chi connectivity index (χ0v) is 10.3. The van der Waals surface area contributed by atoms with E-state index in [1.54, 1.807) is 24.3 Å². The third-order valence-corrected chi connectivity index (χ3v) is 4.40. The first-order chi connectivity index (χ1) is 8.18. The van der Waals surface area contributed by atoms with Crippen LogP contribution in [0.4, 0.5) is 0 Å². The standard InChI is InChI=1S/C13H16O3S/c14-11-5-1-3-9(7-11)12(13(15)16)10-4-2-6-17-8-10/h1,3,5,7,10,12,14H,2,4,6,8H2,(H,15,16). The molecule has 1 aromatic rings. The molecule has 2 N–H and O–H groups in total. The molecule has 0 aromatic heterocycles. The van der Waals surface area contributed by atoms with Crippen LogP contribution >= 0.6 is 11.8 Å². The molecule has 2 unspecified atom stereocenters. The molecule has 0 spiro atoms. The number of phenolic OH excluding ortho intramolecular Hbond substituents is 1. The molecule has 0 saturated carbocycles. The highest BCUT2D eigenvalue weighted by atomic mass is 32.2. The molecular weight excluding hydrogens is 236 g/mol. The van der Waals surface area contributed by atoms with Gasteiger partial charge in [0.15, 0.2) is 0 Å². The number of rotatable bonds is 3. The van der Waals surface area contributed by atoms with Gasteiger partial charge in [-0.25, -0.2) is 0 Å². The van der Waals surface area contributed by atoms with Crippen molar-refractivity contribution < 1.29 is 15.0 Å². The van der Waals surface area contributed by atoms with Gasteiger partial charge in [0.25, 0.3) is 0 Å². The van der Waals surface area contributed by atoms with Crippen LogP contribution in [0, 0.1) is 5.92 Å². The minimum absolute atomic E-state index is 0.136. The fourth-order valence-electron chi connectivity index (χ4n) is 2.36. The van der Waals surface area contributed by atoms with E-state index in [1.807, 2.05) is 11.8 Å². The summed E-state index contributed by atoms with van der Waals surface area (Å²) in [6.45, 7) is 0. The van der Waals surface area contributed by atoms with E-state index < -0.39 is 11.9 Å². The lowest BCUT2D eigenvalue weighted by Crippen LogP contribution is -2.25. The fraction of sp³-hybridized carbons (Fsp3) is 0.462. The molecule has 1 fully saturated rings. The number of carboxylic acid groups (broad SMARTS) is 1. The molecule has 1 saturated heterocycles. The average Bonchev–Trinajstić information content (AvgIpc) is 2.30. The number of aliphatic carboxylic acids is 1. The van der Waals surface area contributed by atoms with Crippen LogP contribution in [0.15, 0.2) is 24.3 Å². The lowest BCUT2D eigenvalue weighted by molar-refractivity contribution is -0.140. The van der Waals surface area contributed by atoms with Gasteiger partial charge in [0.1, 0.15) is 5.75 Å². The highest BCUT2D eigenvalue weighted by Crippen LogP contribution is 2.35. The topological polar surface area (TPSA) is 57.5 Å². The summed E-state index contributed by atoms with van der Waals surface area (Å²) in [4.78, 5) is 11.4. The normalized spacial score (nSPS) is 22.0. The molecule has 0 amide bonds. The summed E-state index contributed by atoms with van der Waals surface area (Å²) in [5, 5.41) is 18.8. The van der Waals surface area contributed by atoms with Gasteiger partial charge >= 0.3 is 5.97 Å². The summed E-state index contributed by atoms with van der Waals surface area (Å²) >= 11 is 1.82. The first kappa shape index (κ1) is 12.3. The van der Waals surface area contributed by atoms with E-state index in [0.717, 1.165) is 24.3 Å². The number of carboxylic acids is 1. The quantitative estimate of drug-likeness (QED) is 0.868. The van der Waals surface area contributed by atoms with Crippen molar-refractivity contribution in [1.82, 2.24) is 0 Å². The van der Waals surface area contributed by atoms with Crippen molar-refractivity contribution in [1.29, 1.82) is 0 Å². The van der Waals surface area contributed by atoms with E-state index in [0.29, 0.717) is 5.56 Å². The predicted molar refractivity (Wildman–Crippen MR) is 68.5 cm³/mol. The Morgan fingerprint density at radius 1 is 1.47 bits per heavy atom. The molecule has 2 atom stereocenters. The Balaban J connectivity index is 2.25. The van der Waals surface area contributed by atoms with Crippen LogP contribution in [0.5, 0.6) is 5.75 Å². The molecule has 0 aliphatic carbocycles. The van der Waals surface area contributed by atoms with Crippen molar-refractivity contribution in [2.45, 2.75) is 18.8 Å². The van der Waals surface area contributed by atoms with Gasteiger partial charge in [-0.2, -0.15) is 11.8 Å². The van der Waals surface area contributed by atoms with Gasteiger partial charge in [0.05, 0.1) is 5.92 Å². The summed E-state index contributed by atoms with van der Waals surface area (Å²) in [6, 6.07) is 6.63. The van der Waals surface area contributed by atoms with Crippen LogP contribution in [0.3, 0.4) is 0 Å². The van der Waals surface area contributed by atoms with E-state index in [4.69, 9.17) is 0 Å². The van der Waals surface area contributed by atoms with Crippen LogP contribution in [0.25, 0.3) is 0 Å². The minimum Gasteiger partial charge on any atom is -0.508 e. The Bertz CT molecular complexity index is 399. The van der Waals surface area contributed by atoms with Crippen molar-refractivity contribution in [3.63, 3.8) is 0 Å². The van der Waals surface area contributed by atoms with Crippen molar-refractivity contribution in [2.75, 3.05) is 11.5 Å². The zero-order valence-electron chi connectivity index (χ0n) is 9.50. The van der Waals surface area contributed by atoms with Crippen LogP contribution in [0.2, 0.25) is 0 Å². The van der Waals surface area contributed by atoms with Crippen molar-refractivity contribution >= 4 is 17.7 Å². The van der Waals surface area contributed by atoms with Gasteiger partial charge in [-0.15, -0.1) is 0 Å². The maximum atomic E-state index is 11.4. The molecule has 1 aliphatic rings. The lowest BCUT2D eigenvalue weighted by atomic mass is 9.84. The Labute approximate surface area is 105 Å². The molecule has 4 heteroatoms. The van der Waals surface area contributed by atoms with E-state index in [2.05, 4.69) is 0 Å². The van der Waals surface area contributed by atoms with Gasteiger partial charge in [-0.3, -0.25) is 4.79 Å². The molecule has 1 aliphatic heterocycles. The highest BCUT2D eigenvalue weighted by molar-refractivity contribution is 7.99. The Morgan fingerprint density at radius 3 is 2.88 bits per heavy atom. The Hall–Kier alpha value is -1.16. The third kappa shape index (κ3) is 2.94. The number of benzene rings is 1. The molecule has 17 heavy (non-hydrogen) atoms. The number of hydrogen-bond acceptors (Lipinski definition) is 3. The fourth-order valence-corrected chi connectivity index (χ4v) is 3.56. The van der Waals surface area contributed by atoms with Gasteiger partial charge < -0.3 is 10.2 Å². The van der Waals surface area contributed by atoms with Gasteiger partial charge in [0.2, 0.25) is 0 Å². The maximum Gasteiger partial charge on any atom is 0.311 e. The summed E-state index contributed by atoms with van der Waals surface area (Å²) in [6.07, 6.45) is 2.04.